The van der Waals surface area contributed by atoms with Crippen LogP contribution >= 0.6 is 0 Å². The van der Waals surface area contributed by atoms with Gasteiger partial charge in [-0.05, 0) is 49.2 Å². The summed E-state index contributed by atoms with van der Waals surface area (Å²) in [6.45, 7) is 1.43. The standard InChI is InChI=1S/C27H24F8N4O3/c1-15-13-18(25(29,26(30,31)32)27(33,34)35)14-16(2)22(15)37-23(40)19-9-6-10-20(21(19)28)38(11-12-39(36)42)24(41)17-7-4-3-5-8-17/h3-10,13-14,42H,11-12,36H2,1-2H3,(H,37,40). The van der Waals surface area contributed by atoms with Crippen LogP contribution in [-0.2, 0) is 5.67 Å². The SMILES string of the molecule is Cc1cc(C(F)(C(F)(F)F)C(F)(F)F)cc(C)c1NC(=O)c1cccc(N(CCN(N)O)C(=O)c2ccccc2)c1F. The molecule has 4 N–H and O–H groups in total. The molecular formula is C27H24F8N4O3. The van der Waals surface area contributed by atoms with Crippen molar-refractivity contribution in [1.29, 1.82) is 0 Å². The molecule has 0 saturated heterocycles. The molecule has 0 unspecified atom stereocenters. The summed E-state index contributed by atoms with van der Waals surface area (Å²) in [5.41, 5.74) is -9.31. The second-order valence-electron chi connectivity index (χ2n) is 9.22. The summed E-state index contributed by atoms with van der Waals surface area (Å²) < 4.78 is 110. The topological polar surface area (TPSA) is 98.9 Å². The largest absolute Gasteiger partial charge is 0.435 e. The number of nitrogens with one attached hydrogen (secondary N) is 1. The van der Waals surface area contributed by atoms with Crippen molar-refractivity contribution in [3.8, 4) is 0 Å². The Morgan fingerprint density at radius 1 is 0.857 bits per heavy atom. The van der Waals surface area contributed by atoms with Crippen LogP contribution in [0.15, 0.2) is 60.7 Å². The van der Waals surface area contributed by atoms with Crippen molar-refractivity contribution in [2.75, 3.05) is 23.3 Å². The lowest BCUT2D eigenvalue weighted by Gasteiger charge is -2.31. The molecule has 226 valence electrons. The third kappa shape index (κ3) is 6.37. The van der Waals surface area contributed by atoms with Gasteiger partial charge in [0.25, 0.3) is 11.8 Å². The molecule has 15 heteroatoms. The van der Waals surface area contributed by atoms with Gasteiger partial charge in [0.1, 0.15) is 0 Å². The van der Waals surface area contributed by atoms with Gasteiger partial charge < -0.3 is 10.2 Å². The van der Waals surface area contributed by atoms with E-state index in [0.29, 0.717) is 12.1 Å². The van der Waals surface area contributed by atoms with E-state index in [1.807, 2.05) is 0 Å². The quantitative estimate of drug-likeness (QED) is 0.162. The number of hydroxylamine groups is 1. The van der Waals surface area contributed by atoms with Crippen molar-refractivity contribution in [3.05, 3.63) is 94.3 Å². The molecule has 3 aromatic carbocycles. The van der Waals surface area contributed by atoms with E-state index in [1.54, 1.807) is 18.2 Å². The van der Waals surface area contributed by atoms with Gasteiger partial charge in [-0.2, -0.15) is 26.3 Å². The molecule has 0 heterocycles. The Labute approximate surface area is 234 Å². The number of nitrogens with zero attached hydrogens (tertiary/aromatic N) is 2. The fourth-order valence-corrected chi connectivity index (χ4v) is 4.20. The number of hydrogen-bond donors (Lipinski definition) is 3. The van der Waals surface area contributed by atoms with Crippen LogP contribution in [-0.4, -0.2) is 47.6 Å². The van der Waals surface area contributed by atoms with E-state index in [9.17, 15) is 45.5 Å². The van der Waals surface area contributed by atoms with Gasteiger partial charge in [-0.3, -0.25) is 14.8 Å². The van der Waals surface area contributed by atoms with Crippen LogP contribution in [0, 0.1) is 19.7 Å². The van der Waals surface area contributed by atoms with Gasteiger partial charge in [-0.1, -0.05) is 36.4 Å². The Morgan fingerprint density at radius 2 is 1.40 bits per heavy atom. The van der Waals surface area contributed by atoms with E-state index in [4.69, 9.17) is 5.84 Å². The predicted molar refractivity (Wildman–Crippen MR) is 136 cm³/mol. The van der Waals surface area contributed by atoms with Gasteiger partial charge in [-0.15, -0.1) is 5.17 Å². The van der Waals surface area contributed by atoms with Crippen LogP contribution in [0.5, 0.6) is 0 Å². The summed E-state index contributed by atoms with van der Waals surface area (Å²) >= 11 is 0. The van der Waals surface area contributed by atoms with E-state index >= 15 is 4.39 Å². The summed E-state index contributed by atoms with van der Waals surface area (Å²) in [7, 11) is 0. The molecule has 7 nitrogen and oxygen atoms in total. The van der Waals surface area contributed by atoms with Crippen LogP contribution in [0.3, 0.4) is 0 Å². The van der Waals surface area contributed by atoms with Crippen molar-refractivity contribution in [1.82, 2.24) is 5.17 Å². The van der Waals surface area contributed by atoms with Gasteiger partial charge in [0, 0.05) is 23.4 Å². The number of anilines is 2. The van der Waals surface area contributed by atoms with E-state index in [2.05, 4.69) is 5.32 Å². The molecule has 0 aliphatic carbocycles. The smallest absolute Gasteiger partial charge is 0.321 e. The molecule has 3 rings (SSSR count). The third-order valence-electron chi connectivity index (χ3n) is 6.28. The highest BCUT2D eigenvalue weighted by Gasteiger charge is 2.73. The van der Waals surface area contributed by atoms with Crippen molar-refractivity contribution in [2.24, 2.45) is 5.84 Å². The van der Waals surface area contributed by atoms with Gasteiger partial charge in [0.15, 0.2) is 5.82 Å². The number of halogens is 8. The van der Waals surface area contributed by atoms with Crippen molar-refractivity contribution in [3.63, 3.8) is 0 Å². The average Bonchev–Trinajstić information content (AvgIpc) is 2.89. The first-order valence-corrected chi connectivity index (χ1v) is 12.0. The molecule has 0 aliphatic rings. The molecule has 0 spiro atoms. The molecule has 0 atom stereocenters. The highest BCUT2D eigenvalue weighted by atomic mass is 19.4. The number of amides is 2. The molecule has 2 amide bonds. The normalized spacial score (nSPS) is 12.4. The van der Waals surface area contributed by atoms with Crippen LogP contribution in [0.25, 0.3) is 0 Å². The lowest BCUT2D eigenvalue weighted by molar-refractivity contribution is -0.348. The third-order valence-corrected chi connectivity index (χ3v) is 6.28. The lowest BCUT2D eigenvalue weighted by Crippen LogP contribution is -2.50. The Kier molecular flexibility index (Phi) is 9.29. The zero-order valence-corrected chi connectivity index (χ0v) is 21.9. The fraction of sp³-hybridized carbons (Fsp3) is 0.259. The number of aryl methyl sites for hydroxylation is 2. The molecule has 0 aromatic heterocycles. The number of hydrazine groups is 1. The summed E-state index contributed by atoms with van der Waals surface area (Å²) in [4.78, 5) is 27.1. The predicted octanol–water partition coefficient (Wildman–Crippen LogP) is 6.20. The molecule has 0 aliphatic heterocycles. The first-order valence-electron chi connectivity index (χ1n) is 12.0. The number of hydrogen-bond acceptors (Lipinski definition) is 5. The summed E-state index contributed by atoms with van der Waals surface area (Å²) in [5, 5.41) is 11.9. The van der Waals surface area contributed by atoms with Gasteiger partial charge >= 0.3 is 18.0 Å². The van der Waals surface area contributed by atoms with Crippen LogP contribution < -0.4 is 16.1 Å². The molecule has 3 aromatic rings. The second kappa shape index (κ2) is 12.0. The minimum Gasteiger partial charge on any atom is -0.321 e. The number of nitrogens with two attached hydrogens (primary N) is 1. The maximum absolute atomic E-state index is 15.7. The summed E-state index contributed by atoms with van der Waals surface area (Å²) in [6, 6.07) is 11.7. The Balaban J connectivity index is 2.01. The minimum absolute atomic E-state index is 0.140. The van der Waals surface area contributed by atoms with E-state index in [0.717, 1.165) is 24.8 Å². The lowest BCUT2D eigenvalue weighted by atomic mass is 9.90. The molecule has 0 bridgehead atoms. The maximum Gasteiger partial charge on any atom is 0.435 e. The van der Waals surface area contributed by atoms with Crippen molar-refractivity contribution >= 4 is 23.2 Å². The van der Waals surface area contributed by atoms with Crippen LogP contribution in [0.4, 0.5) is 46.5 Å². The molecule has 0 fully saturated rings. The maximum atomic E-state index is 15.7. The number of carbonyl (C=O) groups is 2. The van der Waals surface area contributed by atoms with Crippen LogP contribution in [0.2, 0.25) is 0 Å². The van der Waals surface area contributed by atoms with E-state index in [-0.39, 0.29) is 46.3 Å². The average molecular weight is 604 g/mol. The number of rotatable bonds is 8. The molecule has 42 heavy (non-hydrogen) atoms. The number of benzene rings is 3. The first-order chi connectivity index (χ1) is 19.4. The summed E-state index contributed by atoms with van der Waals surface area (Å²) in [5.74, 6) is 2.14. The highest BCUT2D eigenvalue weighted by Crippen LogP contribution is 2.53. The van der Waals surface area contributed by atoms with Crippen molar-refractivity contribution < 1.29 is 49.9 Å². The highest BCUT2D eigenvalue weighted by molar-refractivity contribution is 6.09. The zero-order chi connectivity index (χ0) is 31.6. The van der Waals surface area contributed by atoms with Gasteiger partial charge in [-0.25, -0.2) is 14.6 Å². The van der Waals surface area contributed by atoms with E-state index in [1.165, 1.54) is 24.3 Å². The van der Waals surface area contributed by atoms with Gasteiger partial charge in [0.05, 0.1) is 17.8 Å². The Hall–Kier alpha value is -4.08. The fourth-order valence-electron chi connectivity index (χ4n) is 4.20. The van der Waals surface area contributed by atoms with Gasteiger partial charge in [0.2, 0.25) is 0 Å². The monoisotopic (exact) mass is 604 g/mol. The molecule has 0 radical (unpaired) electrons. The van der Waals surface area contributed by atoms with Crippen molar-refractivity contribution in [2.45, 2.75) is 31.9 Å². The zero-order valence-electron chi connectivity index (χ0n) is 21.9. The minimum atomic E-state index is -6.33. The second-order valence-corrected chi connectivity index (χ2v) is 9.22. The number of alkyl halides is 7. The summed E-state index contributed by atoms with van der Waals surface area (Å²) in [6.07, 6.45) is -12.7. The molecular weight excluding hydrogens is 580 g/mol. The van der Waals surface area contributed by atoms with E-state index < -0.39 is 46.8 Å². The number of carbonyl (C=O) groups excluding carboxylic acids is 2. The van der Waals surface area contributed by atoms with Crippen LogP contribution in [0.1, 0.15) is 37.4 Å². The Bertz CT molecular complexity index is 1420. The Morgan fingerprint density at radius 3 is 1.90 bits per heavy atom. The first kappa shape index (κ1) is 32.4. The molecule has 0 saturated carbocycles.